The van der Waals surface area contributed by atoms with Gasteiger partial charge in [-0.2, -0.15) is 0 Å². The molecule has 5 nitrogen and oxygen atoms in total. The highest BCUT2D eigenvalue weighted by Gasteiger charge is 2.18. The minimum atomic E-state index is -1.34. The summed E-state index contributed by atoms with van der Waals surface area (Å²) >= 11 is 1.14. The molecule has 0 bridgehead atoms. The van der Waals surface area contributed by atoms with Crippen molar-refractivity contribution in [3.05, 3.63) is 29.8 Å². The predicted octanol–water partition coefficient (Wildman–Crippen LogP) is 1.01. The fourth-order valence-electron chi connectivity index (χ4n) is 1.28. The summed E-state index contributed by atoms with van der Waals surface area (Å²) < 4.78 is 25.6. The van der Waals surface area contributed by atoms with E-state index in [1.807, 2.05) is 0 Å². The molecular weight excluding hydrogens is 292 g/mol. The second-order valence-corrected chi connectivity index (χ2v) is 4.98. The Labute approximate surface area is 118 Å². The highest BCUT2D eigenvalue weighted by molar-refractivity contribution is 7.99. The first-order valence-electron chi connectivity index (χ1n) is 5.65. The van der Waals surface area contributed by atoms with Crippen molar-refractivity contribution < 1.29 is 28.6 Å². The Bertz CT molecular complexity index is 498. The smallest absolute Gasteiger partial charge is 0.328 e. The molecule has 0 spiro atoms. The van der Waals surface area contributed by atoms with Crippen molar-refractivity contribution in [2.24, 2.45) is 0 Å². The minimum absolute atomic E-state index is 0.00651. The average Bonchev–Trinajstić information content (AvgIpc) is 2.39. The molecule has 0 fully saturated rings. The number of carboxylic acid groups (broad SMARTS) is 1. The number of aliphatic hydroxyl groups is 1. The Morgan fingerprint density at radius 2 is 2.00 bits per heavy atom. The van der Waals surface area contributed by atoms with Crippen molar-refractivity contribution >= 4 is 23.6 Å². The van der Waals surface area contributed by atoms with E-state index >= 15 is 0 Å². The van der Waals surface area contributed by atoms with Crippen LogP contribution in [0.15, 0.2) is 23.1 Å². The summed E-state index contributed by atoms with van der Waals surface area (Å²) in [7, 11) is 0. The zero-order valence-corrected chi connectivity index (χ0v) is 11.1. The molecule has 0 radical (unpaired) electrons. The number of carbonyl (C=O) groups is 2. The normalized spacial score (nSPS) is 11.9. The van der Waals surface area contributed by atoms with Gasteiger partial charge in [-0.3, -0.25) is 4.79 Å². The van der Waals surface area contributed by atoms with Gasteiger partial charge in [-0.25, -0.2) is 13.6 Å². The predicted molar refractivity (Wildman–Crippen MR) is 68.4 cm³/mol. The lowest BCUT2D eigenvalue weighted by Crippen LogP contribution is -2.43. The SMILES string of the molecule is O=C(CCSc1ccc(F)c(F)c1)N[C@@H](CO)C(=O)O. The number of carbonyl (C=O) groups excluding carboxylic acids is 1. The molecule has 20 heavy (non-hydrogen) atoms. The number of benzene rings is 1. The van der Waals surface area contributed by atoms with Gasteiger partial charge in [0.05, 0.1) is 6.61 Å². The van der Waals surface area contributed by atoms with Gasteiger partial charge in [-0.05, 0) is 18.2 Å². The fraction of sp³-hybridized carbons (Fsp3) is 0.333. The molecule has 0 heterocycles. The van der Waals surface area contributed by atoms with Crippen LogP contribution in [0.5, 0.6) is 0 Å². The number of hydrogen-bond donors (Lipinski definition) is 3. The van der Waals surface area contributed by atoms with Crippen LogP contribution in [0.4, 0.5) is 8.78 Å². The molecule has 8 heteroatoms. The summed E-state index contributed by atoms with van der Waals surface area (Å²) in [6, 6.07) is 2.06. The number of nitrogens with one attached hydrogen (secondary N) is 1. The molecule has 1 aromatic carbocycles. The molecule has 1 amide bonds. The van der Waals surface area contributed by atoms with Crippen LogP contribution in [-0.4, -0.2) is 40.5 Å². The number of hydrogen-bond acceptors (Lipinski definition) is 4. The van der Waals surface area contributed by atoms with Gasteiger partial charge < -0.3 is 15.5 Å². The van der Waals surface area contributed by atoms with E-state index in [2.05, 4.69) is 5.32 Å². The first-order valence-corrected chi connectivity index (χ1v) is 6.63. The zero-order chi connectivity index (χ0) is 15.1. The Kier molecular flexibility index (Phi) is 6.40. The monoisotopic (exact) mass is 305 g/mol. The molecule has 1 aromatic rings. The molecule has 0 aromatic heterocycles. The Balaban J connectivity index is 2.38. The lowest BCUT2D eigenvalue weighted by Gasteiger charge is -2.11. The second-order valence-electron chi connectivity index (χ2n) is 3.82. The van der Waals surface area contributed by atoms with Gasteiger partial charge in [0, 0.05) is 17.1 Å². The summed E-state index contributed by atoms with van der Waals surface area (Å²) in [5.41, 5.74) is 0. The zero-order valence-electron chi connectivity index (χ0n) is 10.3. The quantitative estimate of drug-likeness (QED) is 0.655. The molecule has 0 aliphatic rings. The standard InChI is InChI=1S/C12H13F2NO4S/c13-8-2-1-7(5-9(8)14)20-4-3-11(17)15-10(6-16)12(18)19/h1-2,5,10,16H,3-4,6H2,(H,15,17)(H,18,19)/t10-/m0/s1. The van der Waals surface area contributed by atoms with Crippen molar-refractivity contribution in [2.75, 3.05) is 12.4 Å². The summed E-state index contributed by atoms with van der Waals surface area (Å²) in [6.07, 6.45) is -0.00651. The molecule has 3 N–H and O–H groups in total. The van der Waals surface area contributed by atoms with E-state index in [0.717, 1.165) is 23.9 Å². The summed E-state index contributed by atoms with van der Waals surface area (Å²) in [5.74, 6) is -3.50. The third kappa shape index (κ3) is 5.14. The lowest BCUT2D eigenvalue weighted by molar-refractivity contribution is -0.142. The Morgan fingerprint density at radius 1 is 1.30 bits per heavy atom. The topological polar surface area (TPSA) is 86.6 Å². The van der Waals surface area contributed by atoms with E-state index in [4.69, 9.17) is 10.2 Å². The third-order valence-electron chi connectivity index (χ3n) is 2.30. The lowest BCUT2D eigenvalue weighted by atomic mass is 10.3. The van der Waals surface area contributed by atoms with Crippen LogP contribution in [0.25, 0.3) is 0 Å². The molecular formula is C12H13F2NO4S. The fourth-order valence-corrected chi connectivity index (χ4v) is 2.15. The molecule has 0 aliphatic heterocycles. The van der Waals surface area contributed by atoms with Gasteiger partial charge in [0.1, 0.15) is 6.04 Å². The number of carboxylic acids is 1. The maximum absolute atomic E-state index is 12.9. The van der Waals surface area contributed by atoms with Gasteiger partial charge >= 0.3 is 5.97 Å². The number of thioether (sulfide) groups is 1. The second kappa shape index (κ2) is 7.81. The van der Waals surface area contributed by atoms with Crippen LogP contribution in [0, 0.1) is 11.6 Å². The van der Waals surface area contributed by atoms with E-state index in [1.54, 1.807) is 0 Å². The van der Waals surface area contributed by atoms with Crippen LogP contribution in [0.1, 0.15) is 6.42 Å². The molecule has 0 saturated heterocycles. The van der Waals surface area contributed by atoms with Crippen molar-refractivity contribution in [1.29, 1.82) is 0 Å². The molecule has 1 atom stereocenters. The summed E-state index contributed by atoms with van der Waals surface area (Å²) in [4.78, 5) is 22.4. The van der Waals surface area contributed by atoms with Crippen molar-refractivity contribution in [2.45, 2.75) is 17.4 Å². The van der Waals surface area contributed by atoms with Crippen LogP contribution in [-0.2, 0) is 9.59 Å². The van der Waals surface area contributed by atoms with Crippen LogP contribution < -0.4 is 5.32 Å². The largest absolute Gasteiger partial charge is 0.480 e. The minimum Gasteiger partial charge on any atom is -0.480 e. The molecule has 1 rings (SSSR count). The maximum atomic E-state index is 12.9. The number of amides is 1. The van der Waals surface area contributed by atoms with Crippen molar-refractivity contribution in [3.63, 3.8) is 0 Å². The third-order valence-corrected chi connectivity index (χ3v) is 3.30. The number of aliphatic carboxylic acids is 1. The summed E-state index contributed by atoms with van der Waals surface area (Å²) in [5, 5.41) is 19.5. The molecule has 0 unspecified atom stereocenters. The maximum Gasteiger partial charge on any atom is 0.328 e. The van der Waals surface area contributed by atoms with Crippen molar-refractivity contribution in [3.8, 4) is 0 Å². The molecule has 0 aliphatic carbocycles. The van der Waals surface area contributed by atoms with E-state index < -0.39 is 36.2 Å². The number of aliphatic hydroxyl groups excluding tert-OH is 1. The van der Waals surface area contributed by atoms with E-state index in [9.17, 15) is 18.4 Å². The van der Waals surface area contributed by atoms with E-state index in [0.29, 0.717) is 4.90 Å². The van der Waals surface area contributed by atoms with Gasteiger partial charge in [-0.15, -0.1) is 11.8 Å². The first-order chi connectivity index (χ1) is 9.43. The van der Waals surface area contributed by atoms with Gasteiger partial charge in [0.15, 0.2) is 11.6 Å². The highest BCUT2D eigenvalue weighted by atomic mass is 32.2. The van der Waals surface area contributed by atoms with Crippen LogP contribution in [0.2, 0.25) is 0 Å². The molecule has 0 saturated carbocycles. The molecule has 110 valence electrons. The summed E-state index contributed by atoms with van der Waals surface area (Å²) in [6.45, 7) is -0.697. The van der Waals surface area contributed by atoms with E-state index in [-0.39, 0.29) is 12.2 Å². The van der Waals surface area contributed by atoms with Gasteiger partial charge in [0.2, 0.25) is 5.91 Å². The highest BCUT2D eigenvalue weighted by Crippen LogP contribution is 2.20. The Hall–Kier alpha value is -1.67. The van der Waals surface area contributed by atoms with Crippen LogP contribution >= 0.6 is 11.8 Å². The van der Waals surface area contributed by atoms with Gasteiger partial charge in [0.25, 0.3) is 0 Å². The van der Waals surface area contributed by atoms with Crippen molar-refractivity contribution in [1.82, 2.24) is 5.32 Å². The Morgan fingerprint density at radius 3 is 2.55 bits per heavy atom. The van der Waals surface area contributed by atoms with Gasteiger partial charge in [-0.1, -0.05) is 0 Å². The first kappa shape index (κ1) is 16.4. The van der Waals surface area contributed by atoms with Crippen LogP contribution in [0.3, 0.4) is 0 Å². The number of rotatable bonds is 7. The average molecular weight is 305 g/mol. The van der Waals surface area contributed by atoms with E-state index in [1.165, 1.54) is 6.07 Å². The number of halogens is 2.